The quantitative estimate of drug-likeness (QED) is 0.576. The summed E-state index contributed by atoms with van der Waals surface area (Å²) in [5.41, 5.74) is 2.58. The van der Waals surface area contributed by atoms with Crippen molar-refractivity contribution in [2.45, 2.75) is 20.5 Å². The second kappa shape index (κ2) is 8.35. The summed E-state index contributed by atoms with van der Waals surface area (Å²) in [5, 5.41) is 3.16. The second-order valence-electron chi connectivity index (χ2n) is 5.98. The zero-order chi connectivity index (χ0) is 20.3. The Balaban J connectivity index is 1.89. The Hall–Kier alpha value is -3.00. The van der Waals surface area contributed by atoms with Crippen LogP contribution in [0.25, 0.3) is 6.08 Å². The number of amides is 1. The molecule has 0 saturated carbocycles. The van der Waals surface area contributed by atoms with Crippen molar-refractivity contribution < 1.29 is 23.0 Å². The third-order valence-electron chi connectivity index (χ3n) is 3.97. The van der Waals surface area contributed by atoms with Gasteiger partial charge in [-0.05, 0) is 62.0 Å². The standard InChI is InChI=1S/C20H18F2N2O3S/c1-3-26-17-11-13(6-9-16(17)27-19(21)22)10-15-18(25)24(20(28)23-15)14-7-4-12(2)5-8-14/h4-11,19H,3H2,1-2H3,(H,23,28)/b15-10-. The molecule has 1 fully saturated rings. The second-order valence-corrected chi connectivity index (χ2v) is 6.37. The maximum atomic E-state index is 12.8. The van der Waals surface area contributed by atoms with E-state index < -0.39 is 6.61 Å². The topological polar surface area (TPSA) is 50.8 Å². The molecule has 2 aromatic rings. The predicted octanol–water partition coefficient (Wildman–Crippen LogP) is 4.26. The summed E-state index contributed by atoms with van der Waals surface area (Å²) in [7, 11) is 0. The molecule has 1 saturated heterocycles. The molecule has 3 rings (SSSR count). The fourth-order valence-electron chi connectivity index (χ4n) is 2.71. The highest BCUT2D eigenvalue weighted by atomic mass is 32.1. The number of benzene rings is 2. The molecule has 1 aliphatic heterocycles. The van der Waals surface area contributed by atoms with Crippen LogP contribution >= 0.6 is 12.2 Å². The lowest BCUT2D eigenvalue weighted by molar-refractivity contribution is -0.113. The normalized spacial score (nSPS) is 15.3. The summed E-state index contributed by atoms with van der Waals surface area (Å²) >= 11 is 5.29. The third-order valence-corrected chi connectivity index (χ3v) is 4.25. The Bertz CT molecular complexity index is 930. The number of rotatable bonds is 6. The van der Waals surface area contributed by atoms with Crippen molar-refractivity contribution in [3.8, 4) is 11.5 Å². The van der Waals surface area contributed by atoms with E-state index in [1.165, 1.54) is 17.0 Å². The average Bonchev–Trinajstić information content (AvgIpc) is 2.91. The van der Waals surface area contributed by atoms with Gasteiger partial charge in [-0.3, -0.25) is 9.69 Å². The molecule has 2 aromatic carbocycles. The van der Waals surface area contributed by atoms with Crippen LogP contribution in [0, 0.1) is 6.92 Å². The van der Waals surface area contributed by atoms with Gasteiger partial charge in [-0.25, -0.2) is 0 Å². The van der Waals surface area contributed by atoms with E-state index in [2.05, 4.69) is 10.1 Å². The molecule has 28 heavy (non-hydrogen) atoms. The molecule has 0 bridgehead atoms. The zero-order valence-corrected chi connectivity index (χ0v) is 16.1. The van der Waals surface area contributed by atoms with Crippen LogP contribution < -0.4 is 19.7 Å². The summed E-state index contributed by atoms with van der Waals surface area (Å²) < 4.78 is 34.9. The van der Waals surface area contributed by atoms with Gasteiger partial charge in [-0.15, -0.1) is 0 Å². The van der Waals surface area contributed by atoms with Gasteiger partial charge in [0, 0.05) is 0 Å². The van der Waals surface area contributed by atoms with E-state index in [-0.39, 0.29) is 34.8 Å². The highest BCUT2D eigenvalue weighted by molar-refractivity contribution is 7.80. The van der Waals surface area contributed by atoms with Gasteiger partial charge in [0.25, 0.3) is 5.91 Å². The van der Waals surface area contributed by atoms with Crippen LogP contribution in [0.2, 0.25) is 0 Å². The fourth-order valence-corrected chi connectivity index (χ4v) is 3.00. The van der Waals surface area contributed by atoms with E-state index in [9.17, 15) is 13.6 Å². The predicted molar refractivity (Wildman–Crippen MR) is 107 cm³/mol. The van der Waals surface area contributed by atoms with Crippen molar-refractivity contribution in [2.75, 3.05) is 11.5 Å². The molecule has 1 amide bonds. The van der Waals surface area contributed by atoms with Crippen molar-refractivity contribution in [3.05, 3.63) is 59.3 Å². The number of nitrogens with zero attached hydrogens (tertiary/aromatic N) is 1. The van der Waals surface area contributed by atoms with E-state index in [1.54, 1.807) is 19.1 Å². The SMILES string of the molecule is CCOc1cc(/C=C2\NC(=S)N(c3ccc(C)cc3)C2=O)ccc1OC(F)F. The summed E-state index contributed by atoms with van der Waals surface area (Å²) in [6, 6.07) is 11.9. The molecular weight excluding hydrogens is 386 g/mol. The molecule has 0 aliphatic carbocycles. The molecule has 1 N–H and O–H groups in total. The van der Waals surface area contributed by atoms with E-state index >= 15 is 0 Å². The van der Waals surface area contributed by atoms with E-state index in [0.29, 0.717) is 11.3 Å². The first-order valence-electron chi connectivity index (χ1n) is 8.54. The van der Waals surface area contributed by atoms with Crippen molar-refractivity contribution in [1.29, 1.82) is 0 Å². The van der Waals surface area contributed by atoms with Crippen molar-refractivity contribution in [2.24, 2.45) is 0 Å². The van der Waals surface area contributed by atoms with Gasteiger partial charge in [0.15, 0.2) is 16.6 Å². The van der Waals surface area contributed by atoms with Crippen molar-refractivity contribution in [3.63, 3.8) is 0 Å². The van der Waals surface area contributed by atoms with Crippen LogP contribution in [0.1, 0.15) is 18.1 Å². The average molecular weight is 404 g/mol. The van der Waals surface area contributed by atoms with Crippen LogP contribution in [-0.4, -0.2) is 24.2 Å². The number of carbonyl (C=O) groups is 1. The molecule has 146 valence electrons. The Morgan fingerprint density at radius 2 is 1.89 bits per heavy atom. The minimum absolute atomic E-state index is 0.0680. The number of anilines is 1. The lowest BCUT2D eigenvalue weighted by Crippen LogP contribution is -2.30. The lowest BCUT2D eigenvalue weighted by Gasteiger charge is -2.14. The van der Waals surface area contributed by atoms with Gasteiger partial charge >= 0.3 is 6.61 Å². The van der Waals surface area contributed by atoms with Crippen molar-refractivity contribution in [1.82, 2.24) is 5.32 Å². The number of nitrogens with one attached hydrogen (secondary N) is 1. The van der Waals surface area contributed by atoms with Gasteiger partial charge < -0.3 is 14.8 Å². The maximum Gasteiger partial charge on any atom is 0.387 e. The molecule has 8 heteroatoms. The highest BCUT2D eigenvalue weighted by Gasteiger charge is 2.31. The fraction of sp³-hybridized carbons (Fsp3) is 0.200. The van der Waals surface area contributed by atoms with Crippen molar-refractivity contribution >= 4 is 35.0 Å². The summed E-state index contributed by atoms with van der Waals surface area (Å²) in [4.78, 5) is 14.2. The Morgan fingerprint density at radius 1 is 1.18 bits per heavy atom. The number of hydrogen-bond donors (Lipinski definition) is 1. The number of aryl methyl sites for hydroxylation is 1. The molecule has 0 unspecified atom stereocenters. The maximum absolute atomic E-state index is 12.8. The monoisotopic (exact) mass is 404 g/mol. The van der Waals surface area contributed by atoms with E-state index in [4.69, 9.17) is 17.0 Å². The lowest BCUT2D eigenvalue weighted by atomic mass is 10.1. The van der Waals surface area contributed by atoms with E-state index in [1.807, 2.05) is 31.2 Å². The van der Waals surface area contributed by atoms with Gasteiger partial charge in [0.1, 0.15) is 5.70 Å². The molecular formula is C20H18F2N2O3S. The van der Waals surface area contributed by atoms with Crippen LogP contribution in [0.5, 0.6) is 11.5 Å². The number of carbonyl (C=O) groups excluding carboxylic acids is 1. The van der Waals surface area contributed by atoms with Gasteiger partial charge in [-0.1, -0.05) is 23.8 Å². The smallest absolute Gasteiger partial charge is 0.387 e. The first kappa shape index (κ1) is 19.8. The summed E-state index contributed by atoms with van der Waals surface area (Å²) in [5.74, 6) is -0.207. The van der Waals surface area contributed by atoms with E-state index in [0.717, 1.165) is 5.56 Å². The Morgan fingerprint density at radius 3 is 2.54 bits per heavy atom. The van der Waals surface area contributed by atoms with Crippen LogP contribution in [0.4, 0.5) is 14.5 Å². The molecule has 0 radical (unpaired) electrons. The number of thiocarbonyl (C=S) groups is 1. The first-order valence-corrected chi connectivity index (χ1v) is 8.95. The molecule has 1 aliphatic rings. The number of alkyl halides is 2. The van der Waals surface area contributed by atoms with Crippen LogP contribution in [0.15, 0.2) is 48.2 Å². The Kier molecular flexibility index (Phi) is 5.89. The summed E-state index contributed by atoms with van der Waals surface area (Å²) in [6.45, 7) is 1.01. The molecule has 5 nitrogen and oxygen atoms in total. The van der Waals surface area contributed by atoms with Crippen LogP contribution in [-0.2, 0) is 4.79 Å². The number of ether oxygens (including phenoxy) is 2. The summed E-state index contributed by atoms with van der Waals surface area (Å²) in [6.07, 6.45) is 1.58. The minimum atomic E-state index is -2.96. The van der Waals surface area contributed by atoms with Gasteiger partial charge in [-0.2, -0.15) is 8.78 Å². The zero-order valence-electron chi connectivity index (χ0n) is 15.2. The minimum Gasteiger partial charge on any atom is -0.490 e. The largest absolute Gasteiger partial charge is 0.490 e. The first-order chi connectivity index (χ1) is 13.4. The van der Waals surface area contributed by atoms with Crippen LogP contribution in [0.3, 0.4) is 0 Å². The molecule has 0 aromatic heterocycles. The molecule has 0 spiro atoms. The molecule has 0 atom stereocenters. The van der Waals surface area contributed by atoms with Gasteiger partial charge in [0.2, 0.25) is 0 Å². The highest BCUT2D eigenvalue weighted by Crippen LogP contribution is 2.31. The molecule has 1 heterocycles. The van der Waals surface area contributed by atoms with Gasteiger partial charge in [0.05, 0.1) is 12.3 Å². The number of hydrogen-bond acceptors (Lipinski definition) is 4. The number of halogens is 2. The third kappa shape index (κ3) is 4.28. The Labute approximate surface area is 166 Å².